The van der Waals surface area contributed by atoms with Crippen LogP contribution < -0.4 is 10.6 Å². The van der Waals surface area contributed by atoms with Gasteiger partial charge in [0, 0.05) is 12.2 Å². The number of fused-ring (bicyclic) bond motifs is 1. The van der Waals surface area contributed by atoms with Crippen molar-refractivity contribution in [3.05, 3.63) is 29.8 Å². The third kappa shape index (κ3) is 1.88. The molecule has 2 rings (SSSR count). The van der Waals surface area contributed by atoms with Gasteiger partial charge in [0.2, 0.25) is 5.91 Å². The molecule has 0 saturated heterocycles. The molecule has 0 saturated carbocycles. The van der Waals surface area contributed by atoms with Gasteiger partial charge in [0.1, 0.15) is 0 Å². The van der Waals surface area contributed by atoms with Crippen molar-refractivity contribution in [2.45, 2.75) is 25.8 Å². The normalized spacial score (nSPS) is 17.1. The summed E-state index contributed by atoms with van der Waals surface area (Å²) in [6, 6.07) is 7.63. The lowest BCUT2D eigenvalue weighted by atomic mass is 10.0. The highest BCUT2D eigenvalue weighted by atomic mass is 16.2. The predicted octanol–water partition coefficient (Wildman–Crippen LogP) is 1.31. The zero-order chi connectivity index (χ0) is 10.8. The highest BCUT2D eigenvalue weighted by molar-refractivity contribution is 5.97. The van der Waals surface area contributed by atoms with Gasteiger partial charge in [-0.2, -0.15) is 0 Å². The fourth-order valence-corrected chi connectivity index (χ4v) is 2.01. The van der Waals surface area contributed by atoms with E-state index in [1.165, 1.54) is 5.56 Å². The Labute approximate surface area is 89.9 Å². The average Bonchev–Trinajstić information content (AvgIpc) is 2.27. The number of carbonyl (C=O) groups excluding carboxylic acids is 1. The zero-order valence-electron chi connectivity index (χ0n) is 8.94. The van der Waals surface area contributed by atoms with Crippen molar-refractivity contribution in [1.82, 2.24) is 0 Å². The van der Waals surface area contributed by atoms with Crippen LogP contribution in [0.1, 0.15) is 18.9 Å². The maximum atomic E-state index is 11.9. The van der Waals surface area contributed by atoms with E-state index in [0.717, 1.165) is 25.1 Å². The van der Waals surface area contributed by atoms with Crippen LogP contribution in [0.15, 0.2) is 24.3 Å². The van der Waals surface area contributed by atoms with Crippen molar-refractivity contribution in [3.63, 3.8) is 0 Å². The molecule has 0 radical (unpaired) electrons. The lowest BCUT2D eigenvalue weighted by Gasteiger charge is -2.30. The van der Waals surface area contributed by atoms with E-state index in [-0.39, 0.29) is 5.91 Å². The molecule has 0 aliphatic carbocycles. The van der Waals surface area contributed by atoms with Crippen LogP contribution in [0.2, 0.25) is 0 Å². The standard InChI is InChI=1S/C12H16N2O/c1-9(13)12(15)14-8-4-6-10-5-2-3-7-11(10)14/h2-3,5,7,9H,4,6,8,13H2,1H3/t9-/m1/s1. The molecule has 0 unspecified atom stereocenters. The molecule has 0 bridgehead atoms. The molecule has 1 heterocycles. The quantitative estimate of drug-likeness (QED) is 0.749. The Morgan fingerprint density at radius 3 is 2.93 bits per heavy atom. The second-order valence-corrected chi connectivity index (χ2v) is 4.01. The Balaban J connectivity index is 2.34. The molecule has 0 spiro atoms. The van der Waals surface area contributed by atoms with Crippen LogP contribution in [0.4, 0.5) is 5.69 Å². The number of nitrogens with zero attached hydrogens (tertiary/aromatic N) is 1. The summed E-state index contributed by atoms with van der Waals surface area (Å²) in [5, 5.41) is 0. The topological polar surface area (TPSA) is 46.3 Å². The minimum Gasteiger partial charge on any atom is -0.320 e. The van der Waals surface area contributed by atoms with E-state index in [2.05, 4.69) is 6.07 Å². The third-order valence-electron chi connectivity index (χ3n) is 2.77. The van der Waals surface area contributed by atoms with Crippen molar-refractivity contribution in [2.75, 3.05) is 11.4 Å². The average molecular weight is 204 g/mol. The maximum Gasteiger partial charge on any atom is 0.243 e. The van der Waals surface area contributed by atoms with Crippen LogP contribution in [0.25, 0.3) is 0 Å². The van der Waals surface area contributed by atoms with E-state index in [1.807, 2.05) is 23.1 Å². The molecular weight excluding hydrogens is 188 g/mol. The molecule has 15 heavy (non-hydrogen) atoms. The Hall–Kier alpha value is -1.35. The minimum absolute atomic E-state index is 0.0159. The summed E-state index contributed by atoms with van der Waals surface area (Å²) in [6.45, 7) is 2.52. The molecule has 1 aromatic carbocycles. The third-order valence-corrected chi connectivity index (χ3v) is 2.77. The molecule has 0 fully saturated rings. The molecule has 80 valence electrons. The summed E-state index contributed by atoms with van der Waals surface area (Å²) >= 11 is 0. The molecule has 1 aliphatic rings. The summed E-state index contributed by atoms with van der Waals surface area (Å²) in [5.41, 5.74) is 7.91. The first kappa shape index (κ1) is 10.2. The van der Waals surface area contributed by atoms with Gasteiger partial charge in [-0.1, -0.05) is 18.2 Å². The Kier molecular flexibility index (Phi) is 2.73. The lowest BCUT2D eigenvalue weighted by Crippen LogP contribution is -2.44. The number of hydrogen-bond donors (Lipinski definition) is 1. The Bertz CT molecular complexity index is 374. The van der Waals surface area contributed by atoms with Crippen molar-refractivity contribution < 1.29 is 4.79 Å². The van der Waals surface area contributed by atoms with Crippen LogP contribution >= 0.6 is 0 Å². The van der Waals surface area contributed by atoms with Gasteiger partial charge >= 0.3 is 0 Å². The van der Waals surface area contributed by atoms with Gasteiger partial charge in [-0.3, -0.25) is 4.79 Å². The SMILES string of the molecule is C[C@@H](N)C(=O)N1CCCc2ccccc21. The highest BCUT2D eigenvalue weighted by Gasteiger charge is 2.23. The number of rotatable bonds is 1. The number of benzene rings is 1. The highest BCUT2D eigenvalue weighted by Crippen LogP contribution is 2.26. The smallest absolute Gasteiger partial charge is 0.243 e. The van der Waals surface area contributed by atoms with Gasteiger partial charge < -0.3 is 10.6 Å². The van der Waals surface area contributed by atoms with Crippen LogP contribution in [0, 0.1) is 0 Å². The molecule has 3 nitrogen and oxygen atoms in total. The Morgan fingerprint density at radius 2 is 2.20 bits per heavy atom. The lowest BCUT2D eigenvalue weighted by molar-refractivity contribution is -0.119. The number of aryl methyl sites for hydroxylation is 1. The maximum absolute atomic E-state index is 11.9. The van der Waals surface area contributed by atoms with Crippen molar-refractivity contribution in [1.29, 1.82) is 0 Å². The first-order valence-corrected chi connectivity index (χ1v) is 5.35. The summed E-state index contributed by atoms with van der Waals surface area (Å²) in [6.07, 6.45) is 2.08. The number of para-hydroxylation sites is 1. The second kappa shape index (κ2) is 4.03. The van der Waals surface area contributed by atoms with Crippen LogP contribution in [0.5, 0.6) is 0 Å². The molecule has 3 heteroatoms. The molecule has 1 amide bonds. The Morgan fingerprint density at radius 1 is 1.47 bits per heavy atom. The number of amides is 1. The van der Waals surface area contributed by atoms with Crippen molar-refractivity contribution >= 4 is 11.6 Å². The van der Waals surface area contributed by atoms with Crippen LogP contribution in [-0.4, -0.2) is 18.5 Å². The van der Waals surface area contributed by atoms with E-state index in [4.69, 9.17) is 5.73 Å². The first-order chi connectivity index (χ1) is 7.20. The van der Waals surface area contributed by atoms with Gasteiger partial charge in [-0.15, -0.1) is 0 Å². The largest absolute Gasteiger partial charge is 0.320 e. The first-order valence-electron chi connectivity index (χ1n) is 5.35. The molecule has 1 atom stereocenters. The van der Waals surface area contributed by atoms with Crippen molar-refractivity contribution in [3.8, 4) is 0 Å². The summed E-state index contributed by atoms with van der Waals surface area (Å²) in [7, 11) is 0. The van der Waals surface area contributed by atoms with E-state index >= 15 is 0 Å². The van der Waals surface area contributed by atoms with Gasteiger partial charge in [0.25, 0.3) is 0 Å². The summed E-state index contributed by atoms with van der Waals surface area (Å²) in [5.74, 6) is 0.0159. The van der Waals surface area contributed by atoms with E-state index in [0.29, 0.717) is 0 Å². The number of hydrogen-bond acceptors (Lipinski definition) is 2. The van der Waals surface area contributed by atoms with Gasteiger partial charge in [-0.25, -0.2) is 0 Å². The number of carbonyl (C=O) groups is 1. The monoisotopic (exact) mass is 204 g/mol. The predicted molar refractivity (Wildman–Crippen MR) is 60.8 cm³/mol. The van der Waals surface area contributed by atoms with Gasteiger partial charge in [0.05, 0.1) is 6.04 Å². The van der Waals surface area contributed by atoms with Crippen LogP contribution in [-0.2, 0) is 11.2 Å². The van der Waals surface area contributed by atoms with Gasteiger partial charge in [0.15, 0.2) is 0 Å². The van der Waals surface area contributed by atoms with Gasteiger partial charge in [-0.05, 0) is 31.4 Å². The second-order valence-electron chi connectivity index (χ2n) is 4.01. The number of anilines is 1. The van der Waals surface area contributed by atoms with E-state index < -0.39 is 6.04 Å². The fourth-order valence-electron chi connectivity index (χ4n) is 2.01. The molecule has 0 aromatic heterocycles. The summed E-state index contributed by atoms with van der Waals surface area (Å²) < 4.78 is 0. The molecule has 2 N–H and O–H groups in total. The molecule has 1 aromatic rings. The number of nitrogens with two attached hydrogens (primary N) is 1. The fraction of sp³-hybridized carbons (Fsp3) is 0.417. The van der Waals surface area contributed by atoms with E-state index in [9.17, 15) is 4.79 Å². The molecular formula is C12H16N2O. The minimum atomic E-state index is -0.420. The summed E-state index contributed by atoms with van der Waals surface area (Å²) in [4.78, 5) is 13.7. The zero-order valence-corrected chi connectivity index (χ0v) is 8.94. The van der Waals surface area contributed by atoms with Crippen molar-refractivity contribution in [2.24, 2.45) is 5.73 Å². The van der Waals surface area contributed by atoms with E-state index in [1.54, 1.807) is 6.92 Å². The molecule has 1 aliphatic heterocycles. The van der Waals surface area contributed by atoms with Crippen LogP contribution in [0.3, 0.4) is 0 Å².